The van der Waals surface area contributed by atoms with E-state index in [0.29, 0.717) is 6.54 Å². The molecule has 2 aliphatic rings. The van der Waals surface area contributed by atoms with Gasteiger partial charge in [0.25, 0.3) is 0 Å². The van der Waals surface area contributed by atoms with Crippen LogP contribution in [-0.2, 0) is 22.6 Å². The molecule has 1 N–H and O–H groups in total. The average Bonchev–Trinajstić information content (AvgIpc) is 3.33. The molecule has 0 saturated carbocycles. The van der Waals surface area contributed by atoms with Crippen LogP contribution in [0, 0.1) is 6.92 Å². The molecule has 0 radical (unpaired) electrons. The second-order valence-corrected chi connectivity index (χ2v) is 6.67. The van der Waals surface area contributed by atoms with E-state index < -0.39 is 6.10 Å². The van der Waals surface area contributed by atoms with Crippen molar-refractivity contribution in [2.24, 2.45) is 0 Å². The Bertz CT molecular complexity index is 716. The van der Waals surface area contributed by atoms with Crippen molar-refractivity contribution in [3.8, 4) is 0 Å². The smallest absolute Gasteiger partial charge is 0.249 e. The summed E-state index contributed by atoms with van der Waals surface area (Å²) >= 11 is 0. The van der Waals surface area contributed by atoms with E-state index in [1.54, 1.807) is 18.7 Å². The predicted octanol–water partition coefficient (Wildman–Crippen LogP) is 1.43. The number of ether oxygens (including phenoxy) is 1. The molecule has 25 heavy (non-hydrogen) atoms. The van der Waals surface area contributed by atoms with Crippen molar-refractivity contribution in [2.45, 2.75) is 51.1 Å². The van der Waals surface area contributed by atoms with Gasteiger partial charge in [-0.2, -0.15) is 0 Å². The van der Waals surface area contributed by atoms with Crippen LogP contribution in [-0.4, -0.2) is 45.6 Å². The van der Waals surface area contributed by atoms with E-state index in [0.717, 1.165) is 43.1 Å². The quantitative estimate of drug-likeness (QED) is 0.885. The number of likely N-dealkylation sites (tertiary alicyclic amines) is 1. The number of hydrogen-bond acceptors (Lipinski definition) is 6. The fourth-order valence-corrected chi connectivity index (χ4v) is 3.60. The number of aryl methyl sites for hydroxylation is 1. The zero-order valence-corrected chi connectivity index (χ0v) is 14.2. The average molecular weight is 342 g/mol. The monoisotopic (exact) mass is 342 g/mol. The Kier molecular flexibility index (Phi) is 4.50. The third-order valence-electron chi connectivity index (χ3n) is 4.90. The summed E-state index contributed by atoms with van der Waals surface area (Å²) in [6, 6.07) is 4.16. The molecule has 2 saturated heterocycles. The van der Waals surface area contributed by atoms with Crippen LogP contribution >= 0.6 is 0 Å². The highest BCUT2D eigenvalue weighted by Crippen LogP contribution is 2.34. The largest absolute Gasteiger partial charge is 0.468 e. The molecule has 132 valence electrons. The Hall–Kier alpha value is -2.25. The van der Waals surface area contributed by atoms with E-state index in [2.05, 4.69) is 20.2 Å². The number of carbonyl (C=O) groups is 1. The van der Waals surface area contributed by atoms with Crippen molar-refractivity contribution in [3.63, 3.8) is 0 Å². The lowest BCUT2D eigenvalue weighted by atomic mass is 10.1. The molecule has 0 spiro atoms. The normalized spacial score (nSPS) is 25.9. The topological polar surface area (TPSA) is 80.5 Å². The Balaban J connectivity index is 1.31. The van der Waals surface area contributed by atoms with Crippen molar-refractivity contribution >= 4 is 5.91 Å². The highest BCUT2D eigenvalue weighted by molar-refractivity contribution is 5.81. The molecule has 4 rings (SSSR count). The number of carbonyl (C=O) groups excluding carboxylic acids is 1. The van der Waals surface area contributed by atoms with Gasteiger partial charge in [-0.05, 0) is 25.5 Å². The van der Waals surface area contributed by atoms with Gasteiger partial charge in [0.2, 0.25) is 5.91 Å². The number of aromatic nitrogens is 2. The second-order valence-electron chi connectivity index (χ2n) is 6.67. The minimum absolute atomic E-state index is 0.0743. The van der Waals surface area contributed by atoms with Crippen LogP contribution in [0.5, 0.6) is 0 Å². The summed E-state index contributed by atoms with van der Waals surface area (Å²) in [6.07, 6.45) is 6.49. The minimum Gasteiger partial charge on any atom is -0.468 e. The predicted molar refractivity (Wildman–Crippen MR) is 89.4 cm³/mol. The van der Waals surface area contributed by atoms with Gasteiger partial charge in [-0.1, -0.05) is 0 Å². The molecule has 2 fully saturated rings. The molecular weight excluding hydrogens is 320 g/mol. The minimum atomic E-state index is -0.396. The highest BCUT2D eigenvalue weighted by Gasteiger charge is 2.45. The number of nitrogens with one attached hydrogen (secondary N) is 1. The Morgan fingerprint density at radius 3 is 3.08 bits per heavy atom. The maximum atomic E-state index is 12.4. The molecule has 2 aromatic rings. The summed E-state index contributed by atoms with van der Waals surface area (Å²) in [4.78, 5) is 23.2. The summed E-state index contributed by atoms with van der Waals surface area (Å²) in [6.45, 7) is 4.00. The third kappa shape index (κ3) is 3.57. The second kappa shape index (κ2) is 6.93. The first kappa shape index (κ1) is 16.2. The first-order chi connectivity index (χ1) is 12.2. The van der Waals surface area contributed by atoms with Crippen LogP contribution in [0.2, 0.25) is 0 Å². The maximum absolute atomic E-state index is 12.4. The van der Waals surface area contributed by atoms with E-state index in [1.807, 2.05) is 19.1 Å². The molecule has 1 amide bonds. The molecule has 2 aliphatic heterocycles. The molecule has 0 unspecified atom stereocenters. The maximum Gasteiger partial charge on any atom is 0.249 e. The van der Waals surface area contributed by atoms with Crippen LogP contribution in [0.3, 0.4) is 0 Å². The number of hydrogen-bond donors (Lipinski definition) is 1. The zero-order chi connectivity index (χ0) is 17.2. The van der Waals surface area contributed by atoms with Gasteiger partial charge in [0.15, 0.2) is 0 Å². The van der Waals surface area contributed by atoms with Gasteiger partial charge in [0, 0.05) is 25.2 Å². The Morgan fingerprint density at radius 1 is 1.40 bits per heavy atom. The summed E-state index contributed by atoms with van der Waals surface area (Å²) < 4.78 is 11.4. The van der Waals surface area contributed by atoms with Gasteiger partial charge >= 0.3 is 0 Å². The molecule has 3 atom stereocenters. The number of amides is 1. The number of nitrogens with zero attached hydrogens (tertiary/aromatic N) is 3. The lowest BCUT2D eigenvalue weighted by Crippen LogP contribution is -2.36. The van der Waals surface area contributed by atoms with Crippen molar-refractivity contribution in [3.05, 3.63) is 47.9 Å². The lowest BCUT2D eigenvalue weighted by molar-refractivity contribution is -0.132. The first-order valence-electron chi connectivity index (χ1n) is 8.66. The van der Waals surface area contributed by atoms with Gasteiger partial charge in [-0.15, -0.1) is 0 Å². The molecule has 0 aromatic carbocycles. The summed E-state index contributed by atoms with van der Waals surface area (Å²) in [5.41, 5.74) is 1.61. The fraction of sp³-hybridized carbons (Fsp3) is 0.500. The molecule has 4 heterocycles. The van der Waals surface area contributed by atoms with E-state index in [4.69, 9.17) is 9.15 Å². The molecular formula is C18H22N4O3. The molecule has 0 aliphatic carbocycles. The van der Waals surface area contributed by atoms with Crippen LogP contribution in [0.25, 0.3) is 0 Å². The fourth-order valence-electron chi connectivity index (χ4n) is 3.60. The van der Waals surface area contributed by atoms with Gasteiger partial charge in [0.05, 0.1) is 43.0 Å². The summed E-state index contributed by atoms with van der Waals surface area (Å²) in [7, 11) is 0. The summed E-state index contributed by atoms with van der Waals surface area (Å²) in [5, 5.41) is 2.91. The van der Waals surface area contributed by atoms with Gasteiger partial charge < -0.3 is 14.5 Å². The molecule has 7 heteroatoms. The summed E-state index contributed by atoms with van der Waals surface area (Å²) in [5.74, 6) is 0.876. The molecule has 0 bridgehead atoms. The Labute approximate surface area is 146 Å². The van der Waals surface area contributed by atoms with E-state index in [1.165, 1.54) is 0 Å². The zero-order valence-electron chi connectivity index (χ0n) is 14.2. The highest BCUT2D eigenvalue weighted by atomic mass is 16.5. The first-order valence-corrected chi connectivity index (χ1v) is 8.66. The van der Waals surface area contributed by atoms with Gasteiger partial charge in [0.1, 0.15) is 11.9 Å². The standard InChI is InChI=1S/C18H22N4O3/c1-12-8-20-13(9-19-12)10-21-18(23)17-7-15-16(25-17)4-5-22(15)11-14-3-2-6-24-14/h2-3,6,8-9,15-17H,4-5,7,10-11H2,1H3,(H,21,23)/t15-,16-,17-/m0/s1. The van der Waals surface area contributed by atoms with E-state index in [9.17, 15) is 4.79 Å². The van der Waals surface area contributed by atoms with E-state index >= 15 is 0 Å². The van der Waals surface area contributed by atoms with Crippen LogP contribution in [0.1, 0.15) is 30.0 Å². The molecule has 7 nitrogen and oxygen atoms in total. The van der Waals surface area contributed by atoms with Crippen LogP contribution < -0.4 is 5.32 Å². The van der Waals surface area contributed by atoms with E-state index in [-0.39, 0.29) is 18.1 Å². The molecule has 2 aromatic heterocycles. The lowest BCUT2D eigenvalue weighted by Gasteiger charge is -2.21. The van der Waals surface area contributed by atoms with Crippen LogP contribution in [0.15, 0.2) is 35.2 Å². The van der Waals surface area contributed by atoms with Crippen molar-refractivity contribution in [1.82, 2.24) is 20.2 Å². The van der Waals surface area contributed by atoms with Crippen molar-refractivity contribution in [1.29, 1.82) is 0 Å². The SMILES string of the molecule is Cc1cnc(CNC(=O)[C@@H]2C[C@H]3[C@H](CCN3Cc3ccco3)O2)cn1. The van der Waals surface area contributed by atoms with Crippen LogP contribution in [0.4, 0.5) is 0 Å². The number of fused-ring (bicyclic) bond motifs is 1. The van der Waals surface area contributed by atoms with Crippen molar-refractivity contribution < 1.29 is 13.9 Å². The third-order valence-corrected chi connectivity index (χ3v) is 4.90. The number of furan rings is 1. The van der Waals surface area contributed by atoms with Crippen molar-refractivity contribution in [2.75, 3.05) is 6.54 Å². The van der Waals surface area contributed by atoms with Gasteiger partial charge in [-0.3, -0.25) is 19.7 Å². The van der Waals surface area contributed by atoms with Gasteiger partial charge in [-0.25, -0.2) is 0 Å². The Morgan fingerprint density at radius 2 is 2.32 bits per heavy atom. The number of rotatable bonds is 5.